The highest BCUT2D eigenvalue weighted by Crippen LogP contribution is 2.25. The van der Waals surface area contributed by atoms with Gasteiger partial charge in [-0.2, -0.15) is 0 Å². The Hall–Kier alpha value is -1.59. The summed E-state index contributed by atoms with van der Waals surface area (Å²) in [6, 6.07) is 3.11. The molecule has 1 aromatic carbocycles. The van der Waals surface area contributed by atoms with Crippen LogP contribution >= 0.6 is 11.6 Å². The molecule has 2 nitrogen and oxygen atoms in total. The Morgan fingerprint density at radius 2 is 1.84 bits per heavy atom. The van der Waals surface area contributed by atoms with Crippen molar-refractivity contribution in [3.63, 3.8) is 0 Å². The van der Waals surface area contributed by atoms with Crippen LogP contribution in [0, 0.1) is 17.5 Å². The van der Waals surface area contributed by atoms with Crippen molar-refractivity contribution in [1.82, 2.24) is 4.98 Å². The number of pyridine rings is 1. The van der Waals surface area contributed by atoms with Crippen molar-refractivity contribution in [2.75, 3.05) is 0 Å². The van der Waals surface area contributed by atoms with E-state index in [2.05, 4.69) is 4.98 Å². The fourth-order valence-corrected chi connectivity index (χ4v) is 1.86. The molecule has 100 valence electrons. The van der Waals surface area contributed by atoms with E-state index in [0.717, 1.165) is 12.1 Å². The van der Waals surface area contributed by atoms with Gasteiger partial charge in [0, 0.05) is 18.8 Å². The summed E-state index contributed by atoms with van der Waals surface area (Å²) in [7, 11) is 0. The van der Waals surface area contributed by atoms with Crippen molar-refractivity contribution in [3.05, 3.63) is 64.2 Å². The van der Waals surface area contributed by atoms with Gasteiger partial charge in [-0.3, -0.25) is 4.98 Å². The lowest BCUT2D eigenvalue weighted by Crippen LogP contribution is -2.05. The zero-order valence-electron chi connectivity index (χ0n) is 9.58. The molecule has 1 aromatic heterocycles. The third-order valence-corrected chi connectivity index (χ3v) is 3.00. The van der Waals surface area contributed by atoms with Gasteiger partial charge in [0.25, 0.3) is 0 Å². The van der Waals surface area contributed by atoms with Crippen LogP contribution in [0.1, 0.15) is 17.2 Å². The van der Waals surface area contributed by atoms with E-state index in [1.807, 2.05) is 0 Å². The van der Waals surface area contributed by atoms with Gasteiger partial charge in [-0.15, -0.1) is 0 Å². The normalized spacial score (nSPS) is 12.5. The van der Waals surface area contributed by atoms with E-state index in [4.69, 9.17) is 11.6 Å². The number of hydrogen-bond acceptors (Lipinski definition) is 2. The lowest BCUT2D eigenvalue weighted by Gasteiger charge is -2.12. The molecule has 1 atom stereocenters. The second kappa shape index (κ2) is 5.59. The topological polar surface area (TPSA) is 33.1 Å². The Labute approximate surface area is 112 Å². The van der Waals surface area contributed by atoms with Crippen molar-refractivity contribution in [2.24, 2.45) is 0 Å². The smallest absolute Gasteiger partial charge is 0.194 e. The van der Waals surface area contributed by atoms with Gasteiger partial charge in [-0.05, 0) is 29.3 Å². The fourth-order valence-electron chi connectivity index (χ4n) is 1.66. The third-order valence-electron chi connectivity index (χ3n) is 2.66. The van der Waals surface area contributed by atoms with Crippen molar-refractivity contribution < 1.29 is 18.3 Å². The van der Waals surface area contributed by atoms with E-state index >= 15 is 0 Å². The van der Waals surface area contributed by atoms with Gasteiger partial charge in [0.15, 0.2) is 17.5 Å². The van der Waals surface area contributed by atoms with Crippen LogP contribution in [0.5, 0.6) is 0 Å². The first-order chi connectivity index (χ1) is 8.99. The Morgan fingerprint density at radius 3 is 2.42 bits per heavy atom. The summed E-state index contributed by atoms with van der Waals surface area (Å²) in [6.45, 7) is 0. The van der Waals surface area contributed by atoms with Gasteiger partial charge in [0.2, 0.25) is 0 Å². The summed E-state index contributed by atoms with van der Waals surface area (Å²) in [5, 5.41) is 10.2. The summed E-state index contributed by atoms with van der Waals surface area (Å²) in [4.78, 5) is 3.78. The van der Waals surface area contributed by atoms with Crippen LogP contribution in [0.3, 0.4) is 0 Å². The summed E-state index contributed by atoms with van der Waals surface area (Å²) in [5.41, 5.74) is 0.526. The van der Waals surface area contributed by atoms with Gasteiger partial charge < -0.3 is 5.11 Å². The predicted octanol–water partition coefficient (Wildman–Crippen LogP) is 3.43. The van der Waals surface area contributed by atoms with Crippen LogP contribution in [0.25, 0.3) is 0 Å². The highest BCUT2D eigenvalue weighted by atomic mass is 35.5. The lowest BCUT2D eigenvalue weighted by atomic mass is 10.0. The van der Waals surface area contributed by atoms with Gasteiger partial charge in [-0.25, -0.2) is 13.2 Å². The number of rotatable bonds is 3. The van der Waals surface area contributed by atoms with Gasteiger partial charge in [-0.1, -0.05) is 11.6 Å². The minimum absolute atomic E-state index is 0.0475. The molecular formula is C13H9ClF3NO. The van der Waals surface area contributed by atoms with Crippen molar-refractivity contribution in [3.8, 4) is 0 Å². The zero-order valence-corrected chi connectivity index (χ0v) is 10.3. The minimum atomic E-state index is -1.56. The molecule has 1 N–H and O–H groups in total. The van der Waals surface area contributed by atoms with Crippen LogP contribution in [0.2, 0.25) is 5.02 Å². The first kappa shape index (κ1) is 13.8. The average Bonchev–Trinajstić information content (AvgIpc) is 2.38. The molecule has 2 rings (SSSR count). The molecule has 0 radical (unpaired) electrons. The molecule has 1 heterocycles. The number of hydrogen-bond donors (Lipinski definition) is 1. The SMILES string of the molecule is OC(Cc1ccncc1Cl)c1cc(F)c(F)c(F)c1. The number of nitrogens with zero attached hydrogens (tertiary/aromatic N) is 1. The van der Waals surface area contributed by atoms with E-state index in [9.17, 15) is 18.3 Å². The maximum Gasteiger partial charge on any atom is 0.194 e. The van der Waals surface area contributed by atoms with Gasteiger partial charge in [0.1, 0.15) is 0 Å². The van der Waals surface area contributed by atoms with E-state index in [1.54, 1.807) is 6.07 Å². The molecule has 2 aromatic rings. The summed E-state index contributed by atoms with van der Waals surface area (Å²) in [5.74, 6) is -4.23. The molecule has 0 bridgehead atoms. The molecule has 0 saturated carbocycles. The largest absolute Gasteiger partial charge is 0.388 e. The first-order valence-corrected chi connectivity index (χ1v) is 5.77. The van der Waals surface area contributed by atoms with E-state index in [0.29, 0.717) is 10.6 Å². The van der Waals surface area contributed by atoms with Crippen LogP contribution in [0.4, 0.5) is 13.2 Å². The first-order valence-electron chi connectivity index (χ1n) is 5.40. The Bertz CT molecular complexity index is 583. The number of aromatic nitrogens is 1. The van der Waals surface area contributed by atoms with E-state index in [-0.39, 0.29) is 12.0 Å². The highest BCUT2D eigenvalue weighted by Gasteiger charge is 2.16. The molecule has 0 amide bonds. The maximum absolute atomic E-state index is 13.1. The summed E-state index contributed by atoms with van der Waals surface area (Å²) in [6.07, 6.45) is 1.74. The van der Waals surface area contributed by atoms with Gasteiger partial charge in [0.05, 0.1) is 11.1 Å². The molecular weight excluding hydrogens is 279 g/mol. The van der Waals surface area contributed by atoms with Crippen LogP contribution in [-0.4, -0.2) is 10.1 Å². The minimum Gasteiger partial charge on any atom is -0.388 e. The molecule has 0 aliphatic rings. The highest BCUT2D eigenvalue weighted by molar-refractivity contribution is 6.31. The molecule has 0 saturated heterocycles. The van der Waals surface area contributed by atoms with Crippen LogP contribution in [-0.2, 0) is 6.42 Å². The summed E-state index contributed by atoms with van der Waals surface area (Å²) >= 11 is 5.86. The number of benzene rings is 1. The maximum atomic E-state index is 13.1. The average molecular weight is 288 g/mol. The lowest BCUT2D eigenvalue weighted by molar-refractivity contribution is 0.177. The predicted molar refractivity (Wildman–Crippen MR) is 64.2 cm³/mol. The number of halogens is 4. The molecule has 1 unspecified atom stereocenters. The monoisotopic (exact) mass is 287 g/mol. The molecule has 6 heteroatoms. The molecule has 0 spiro atoms. The van der Waals surface area contributed by atoms with Crippen molar-refractivity contribution in [2.45, 2.75) is 12.5 Å². The van der Waals surface area contributed by atoms with Gasteiger partial charge >= 0.3 is 0 Å². The molecule has 0 fully saturated rings. The quantitative estimate of drug-likeness (QED) is 0.878. The standard InChI is InChI=1S/C13H9ClF3NO/c14-9-6-18-2-1-7(9)5-12(19)8-3-10(15)13(17)11(16)4-8/h1-4,6,12,19H,5H2. The van der Waals surface area contributed by atoms with Crippen molar-refractivity contribution >= 4 is 11.6 Å². The van der Waals surface area contributed by atoms with E-state index < -0.39 is 23.6 Å². The van der Waals surface area contributed by atoms with Crippen molar-refractivity contribution in [1.29, 1.82) is 0 Å². The van der Waals surface area contributed by atoms with E-state index in [1.165, 1.54) is 12.4 Å². The fraction of sp³-hybridized carbons (Fsp3) is 0.154. The second-order valence-electron chi connectivity index (χ2n) is 3.99. The second-order valence-corrected chi connectivity index (χ2v) is 4.39. The molecule has 0 aliphatic carbocycles. The Morgan fingerprint density at radius 1 is 1.21 bits per heavy atom. The van der Waals surface area contributed by atoms with Crippen LogP contribution in [0.15, 0.2) is 30.6 Å². The number of aliphatic hydroxyl groups is 1. The Balaban J connectivity index is 2.26. The molecule has 0 aliphatic heterocycles. The Kier molecular flexibility index (Phi) is 4.07. The number of aliphatic hydroxyl groups excluding tert-OH is 1. The third kappa shape index (κ3) is 3.05. The zero-order chi connectivity index (χ0) is 14.0. The molecule has 19 heavy (non-hydrogen) atoms. The summed E-state index contributed by atoms with van der Waals surface area (Å²) < 4.78 is 38.9. The van der Waals surface area contributed by atoms with Crippen LogP contribution < -0.4 is 0 Å².